The van der Waals surface area contributed by atoms with Crippen LogP contribution in [0.5, 0.6) is 0 Å². The van der Waals surface area contributed by atoms with Crippen LogP contribution in [0.1, 0.15) is 51.1 Å². The predicted molar refractivity (Wildman–Crippen MR) is 144 cm³/mol. The Bertz CT molecular complexity index is 1520. The lowest BCUT2D eigenvalue weighted by atomic mass is 9.91. The van der Waals surface area contributed by atoms with Crippen molar-refractivity contribution >= 4 is 27.7 Å². The lowest BCUT2D eigenvalue weighted by Crippen LogP contribution is -2.53. The highest BCUT2D eigenvalue weighted by atomic mass is 32.5. The van der Waals surface area contributed by atoms with Crippen molar-refractivity contribution in [3.05, 3.63) is 54.1 Å². The normalized spacial score (nSPS) is 26.4. The smallest absolute Gasteiger partial charge is 0.310 e. The van der Waals surface area contributed by atoms with E-state index in [2.05, 4.69) is 10.3 Å². The fourth-order valence-electron chi connectivity index (χ4n) is 6.54. The zero-order chi connectivity index (χ0) is 32.5. The van der Waals surface area contributed by atoms with E-state index in [0.29, 0.717) is 12.1 Å². The predicted octanol–water partition coefficient (Wildman–Crippen LogP) is 7.08. The molecular weight excluding hydrogens is 622 g/mol. The average Bonchev–Trinajstić information content (AvgIpc) is 3.24. The number of halogens is 8. The highest BCUT2D eigenvalue weighted by Crippen LogP contribution is 3.02. The standard InChI is InChI=1S/C28H29F8N5O2S/c1-27(2)21-14-40(15-37)24(22(21)27)26(43)41(19-3-5-20(6-4-19)44(32,33,34,35)36)23(16-11-17(29)13-38-12-16)25(42)39-18-7-9-28(30,31)10-8-18/h3-6,11-13,18,21-24H,7-10,14H2,1-2H3,(H,39,42)/t21?,22?,23-,24-/m1/s1. The number of likely N-dealkylation sites (tertiary alicyclic amines) is 1. The van der Waals surface area contributed by atoms with E-state index in [9.17, 15) is 47.5 Å². The summed E-state index contributed by atoms with van der Waals surface area (Å²) in [4.78, 5) is 31.7. The van der Waals surface area contributed by atoms with Crippen LogP contribution in [0.4, 0.5) is 38.3 Å². The number of rotatable bonds is 7. The van der Waals surface area contributed by atoms with Crippen LogP contribution in [-0.4, -0.2) is 46.2 Å². The second-order valence-electron chi connectivity index (χ2n) is 12.3. The number of nitrogens with zero attached hydrogens (tertiary/aromatic N) is 4. The van der Waals surface area contributed by atoms with Gasteiger partial charge in [0.05, 0.1) is 6.20 Å². The summed E-state index contributed by atoms with van der Waals surface area (Å²) in [5.74, 6) is -6.24. The zero-order valence-corrected chi connectivity index (χ0v) is 24.3. The molecule has 2 saturated carbocycles. The van der Waals surface area contributed by atoms with Gasteiger partial charge in [0.2, 0.25) is 11.8 Å². The summed E-state index contributed by atoms with van der Waals surface area (Å²) in [6.07, 6.45) is 2.48. The molecule has 1 aromatic heterocycles. The second-order valence-corrected chi connectivity index (χ2v) is 14.7. The third-order valence-electron chi connectivity index (χ3n) is 9.00. The van der Waals surface area contributed by atoms with Crippen molar-refractivity contribution < 1.29 is 42.2 Å². The zero-order valence-electron chi connectivity index (χ0n) is 23.5. The van der Waals surface area contributed by atoms with Crippen molar-refractivity contribution in [2.45, 2.75) is 68.5 Å². The summed E-state index contributed by atoms with van der Waals surface area (Å²) < 4.78 is 110. The molecule has 5 rings (SSSR count). The van der Waals surface area contributed by atoms with E-state index >= 15 is 0 Å². The topological polar surface area (TPSA) is 89.3 Å². The van der Waals surface area contributed by atoms with Crippen LogP contribution in [0.3, 0.4) is 0 Å². The van der Waals surface area contributed by atoms with E-state index in [0.717, 1.165) is 23.4 Å². The molecule has 2 aliphatic carbocycles. The van der Waals surface area contributed by atoms with E-state index in [4.69, 9.17) is 0 Å². The van der Waals surface area contributed by atoms with E-state index in [1.807, 2.05) is 20.0 Å². The molecule has 16 heteroatoms. The SMILES string of the molecule is CC1(C)C2CN(C#N)[C@@H](C(=O)N(c3ccc(S(F)(F)(F)(F)F)cc3)[C@@H](C(=O)NC3CCC(F)(F)CC3)c3cncc(F)c3)C21. The maximum absolute atomic E-state index is 14.4. The fourth-order valence-corrected chi connectivity index (χ4v) is 7.19. The summed E-state index contributed by atoms with van der Waals surface area (Å²) in [6.45, 7) is 3.92. The maximum Gasteiger partial charge on any atom is 0.310 e. The Morgan fingerprint density at radius 2 is 1.70 bits per heavy atom. The van der Waals surface area contributed by atoms with Crippen LogP contribution in [0.2, 0.25) is 0 Å². The number of carbonyl (C=O) groups is 2. The maximum atomic E-state index is 14.4. The molecule has 240 valence electrons. The van der Waals surface area contributed by atoms with Gasteiger partial charge in [0.15, 0.2) is 6.19 Å². The summed E-state index contributed by atoms with van der Waals surface area (Å²) in [5.41, 5.74) is -1.04. The number of fused-ring (bicyclic) bond motifs is 1. The number of nitrogens with one attached hydrogen (secondary N) is 1. The molecule has 7 nitrogen and oxygen atoms in total. The molecular formula is C28H29F8N5O2S. The molecule has 4 atom stereocenters. The Labute approximate surface area is 247 Å². The Morgan fingerprint density at radius 1 is 1.09 bits per heavy atom. The van der Waals surface area contributed by atoms with Gasteiger partial charge in [0.25, 0.3) is 5.91 Å². The molecule has 1 N–H and O–H groups in total. The largest absolute Gasteiger partial charge is 0.351 e. The number of pyridine rings is 1. The summed E-state index contributed by atoms with van der Waals surface area (Å²) in [7, 11) is -10.1. The number of nitriles is 1. The Balaban J connectivity index is 1.62. The van der Waals surface area contributed by atoms with Gasteiger partial charge in [-0.15, -0.1) is 0 Å². The Hall–Kier alpha value is -3.61. The van der Waals surface area contributed by atoms with Crippen LogP contribution < -0.4 is 10.2 Å². The van der Waals surface area contributed by atoms with Crippen LogP contribution in [0.15, 0.2) is 47.6 Å². The van der Waals surface area contributed by atoms with Gasteiger partial charge in [-0.25, -0.2) is 13.2 Å². The number of alkyl halides is 2. The first-order chi connectivity index (χ1) is 20.1. The molecule has 1 saturated heterocycles. The van der Waals surface area contributed by atoms with E-state index in [-0.39, 0.29) is 43.0 Å². The number of aromatic nitrogens is 1. The van der Waals surface area contributed by atoms with Crippen molar-refractivity contribution in [3.63, 3.8) is 0 Å². The molecule has 1 aliphatic heterocycles. The monoisotopic (exact) mass is 651 g/mol. The van der Waals surface area contributed by atoms with Crippen LogP contribution in [0.25, 0.3) is 0 Å². The third kappa shape index (κ3) is 6.02. The Kier molecular flexibility index (Phi) is 7.01. The number of anilines is 1. The molecule has 0 spiro atoms. The molecule has 3 fully saturated rings. The first kappa shape index (κ1) is 31.8. The number of hydrogen-bond donors (Lipinski definition) is 1. The quantitative estimate of drug-likeness (QED) is 0.255. The van der Waals surface area contributed by atoms with Gasteiger partial charge in [-0.2, -0.15) is 5.26 Å². The van der Waals surface area contributed by atoms with Gasteiger partial charge >= 0.3 is 10.2 Å². The number of benzene rings is 1. The molecule has 44 heavy (non-hydrogen) atoms. The van der Waals surface area contributed by atoms with Gasteiger partial charge in [-0.05, 0) is 60.4 Å². The van der Waals surface area contributed by atoms with E-state index < -0.39 is 86.7 Å². The highest BCUT2D eigenvalue weighted by Gasteiger charge is 2.69. The van der Waals surface area contributed by atoms with Gasteiger partial charge in [0.1, 0.15) is 22.8 Å². The lowest BCUT2D eigenvalue weighted by Gasteiger charge is -2.41. The number of hydrogen-bond acceptors (Lipinski definition) is 5. The van der Waals surface area contributed by atoms with Gasteiger partial charge in [0, 0.05) is 42.9 Å². The fraction of sp³-hybridized carbons (Fsp3) is 0.500. The summed E-state index contributed by atoms with van der Waals surface area (Å²) in [6, 6.07) is -1.54. The first-order valence-electron chi connectivity index (χ1n) is 13.8. The molecule has 0 radical (unpaired) electrons. The van der Waals surface area contributed by atoms with Gasteiger partial charge < -0.3 is 5.32 Å². The van der Waals surface area contributed by atoms with Crippen LogP contribution >= 0.6 is 10.2 Å². The average molecular weight is 652 g/mol. The minimum Gasteiger partial charge on any atom is -0.351 e. The number of amides is 2. The molecule has 1 aromatic carbocycles. The number of carbonyl (C=O) groups excluding carboxylic acids is 2. The molecule has 2 unspecified atom stereocenters. The molecule has 0 bridgehead atoms. The van der Waals surface area contributed by atoms with Crippen molar-refractivity contribution in [2.75, 3.05) is 11.4 Å². The second kappa shape index (κ2) is 9.69. The van der Waals surface area contributed by atoms with Crippen molar-refractivity contribution in [2.24, 2.45) is 17.3 Å². The van der Waals surface area contributed by atoms with Crippen molar-refractivity contribution in [3.8, 4) is 6.19 Å². The van der Waals surface area contributed by atoms with Gasteiger partial charge in [-0.3, -0.25) is 24.4 Å². The minimum atomic E-state index is -10.1. The van der Waals surface area contributed by atoms with E-state index in [1.54, 1.807) is 0 Å². The molecule has 3 aliphatic rings. The minimum absolute atomic E-state index is 0.0831. The highest BCUT2D eigenvalue weighted by molar-refractivity contribution is 8.45. The van der Waals surface area contributed by atoms with Gasteiger partial charge in [-0.1, -0.05) is 33.3 Å². The summed E-state index contributed by atoms with van der Waals surface area (Å²) >= 11 is 0. The van der Waals surface area contributed by atoms with Crippen LogP contribution in [0, 0.1) is 34.5 Å². The first-order valence-corrected chi connectivity index (χ1v) is 15.7. The van der Waals surface area contributed by atoms with Crippen LogP contribution in [-0.2, 0) is 9.59 Å². The van der Waals surface area contributed by atoms with Crippen molar-refractivity contribution in [1.29, 1.82) is 5.26 Å². The summed E-state index contributed by atoms with van der Waals surface area (Å²) in [5, 5.41) is 12.4. The molecule has 2 amide bonds. The van der Waals surface area contributed by atoms with E-state index in [1.165, 1.54) is 4.90 Å². The van der Waals surface area contributed by atoms with Crippen molar-refractivity contribution in [1.82, 2.24) is 15.2 Å². The molecule has 2 heterocycles. The molecule has 2 aromatic rings. The number of piperidine rings is 1. The lowest BCUT2D eigenvalue weighted by molar-refractivity contribution is -0.129. The third-order valence-corrected chi connectivity index (χ3v) is 10.2. The Morgan fingerprint density at radius 3 is 2.25 bits per heavy atom.